The first kappa shape index (κ1) is 12.2. The lowest BCUT2D eigenvalue weighted by atomic mass is 10.4. The number of imidazole rings is 1. The van der Waals surface area contributed by atoms with Crippen LogP contribution in [0.1, 0.15) is 18.7 Å². The van der Waals surface area contributed by atoms with Crippen LogP contribution in [0.5, 0.6) is 0 Å². The van der Waals surface area contributed by atoms with Gasteiger partial charge in [-0.1, -0.05) is 0 Å². The summed E-state index contributed by atoms with van der Waals surface area (Å²) in [6.45, 7) is 2.52. The van der Waals surface area contributed by atoms with E-state index in [1.54, 1.807) is 18.5 Å². The van der Waals surface area contributed by atoms with Gasteiger partial charge in [0, 0.05) is 25.3 Å². The molecule has 0 spiro atoms. The Bertz CT molecular complexity index is 453. The topological polar surface area (TPSA) is 73.0 Å². The van der Waals surface area contributed by atoms with E-state index >= 15 is 0 Å². The summed E-state index contributed by atoms with van der Waals surface area (Å²) in [5.41, 5.74) is 0. The summed E-state index contributed by atoms with van der Waals surface area (Å²) >= 11 is 1.82. The van der Waals surface area contributed by atoms with Gasteiger partial charge in [0.2, 0.25) is 11.6 Å². The van der Waals surface area contributed by atoms with E-state index in [0.717, 1.165) is 6.54 Å². The second-order valence-electron chi connectivity index (χ2n) is 4.39. The minimum absolute atomic E-state index is 0.0816. The van der Waals surface area contributed by atoms with Crippen molar-refractivity contribution in [1.82, 2.24) is 9.55 Å². The molecule has 1 N–H and O–H groups in total. The highest BCUT2D eigenvalue weighted by Gasteiger charge is 2.42. The lowest BCUT2D eigenvalue weighted by Gasteiger charge is -2.13. The van der Waals surface area contributed by atoms with Gasteiger partial charge < -0.3 is 15.4 Å². The molecule has 0 unspecified atom stereocenters. The molecule has 1 saturated carbocycles. The maximum absolute atomic E-state index is 10.9. The van der Waals surface area contributed by atoms with E-state index in [1.807, 2.05) is 11.8 Å². The summed E-state index contributed by atoms with van der Waals surface area (Å²) in [5, 5.41) is 14.1. The van der Waals surface area contributed by atoms with Gasteiger partial charge in [0.25, 0.3) is 0 Å². The van der Waals surface area contributed by atoms with Crippen LogP contribution in [-0.4, -0.2) is 32.0 Å². The van der Waals surface area contributed by atoms with Gasteiger partial charge in [0.1, 0.15) is 0 Å². The molecule has 1 aromatic heterocycles. The smallest absolute Gasteiger partial charge is 0.363 e. The average molecular weight is 256 g/mol. The van der Waals surface area contributed by atoms with Gasteiger partial charge in [-0.15, -0.1) is 0 Å². The van der Waals surface area contributed by atoms with Gasteiger partial charge in [-0.25, -0.2) is 0 Å². The molecule has 0 amide bonds. The molecule has 2 rings (SSSR count). The third-order valence-electron chi connectivity index (χ3n) is 3.29. The minimum atomic E-state index is -0.437. The van der Waals surface area contributed by atoms with E-state index in [-0.39, 0.29) is 10.6 Å². The van der Waals surface area contributed by atoms with Crippen molar-refractivity contribution >= 4 is 23.4 Å². The Balaban J connectivity index is 2.17. The highest BCUT2D eigenvalue weighted by molar-refractivity contribution is 8.00. The molecule has 6 nitrogen and oxygen atoms in total. The molecular weight excluding hydrogens is 240 g/mol. The summed E-state index contributed by atoms with van der Waals surface area (Å²) in [5.74, 6) is 1.07. The van der Waals surface area contributed by atoms with E-state index in [4.69, 9.17) is 0 Å². The summed E-state index contributed by atoms with van der Waals surface area (Å²) in [4.78, 5) is 14.4. The van der Waals surface area contributed by atoms with Crippen molar-refractivity contribution in [3.05, 3.63) is 15.9 Å². The van der Waals surface area contributed by atoms with Gasteiger partial charge in [-0.3, -0.25) is 4.57 Å². The number of aryl methyl sites for hydroxylation is 1. The number of hydrogen-bond donors (Lipinski definition) is 1. The summed E-state index contributed by atoms with van der Waals surface area (Å²) in [6.07, 6.45) is 4.43. The molecule has 94 valence electrons. The quantitative estimate of drug-likeness (QED) is 0.644. The lowest BCUT2D eigenvalue weighted by molar-refractivity contribution is -0.388. The number of nitrogens with zero attached hydrogens (tertiary/aromatic N) is 3. The molecule has 7 heteroatoms. The third kappa shape index (κ3) is 2.24. The van der Waals surface area contributed by atoms with Crippen LogP contribution in [0.15, 0.2) is 0 Å². The van der Waals surface area contributed by atoms with Gasteiger partial charge in [0.05, 0.1) is 0 Å². The fourth-order valence-electron chi connectivity index (χ4n) is 1.76. The molecule has 0 saturated heterocycles. The molecule has 1 fully saturated rings. The number of nitrogens with one attached hydrogen (secondary N) is 1. The zero-order valence-electron chi connectivity index (χ0n) is 10.2. The zero-order valence-corrected chi connectivity index (χ0v) is 11.0. The first-order valence-electron chi connectivity index (χ1n) is 5.46. The predicted octanol–water partition coefficient (Wildman–Crippen LogP) is 1.94. The Labute approximate surface area is 104 Å². The van der Waals surface area contributed by atoms with Crippen molar-refractivity contribution in [3.63, 3.8) is 0 Å². The molecule has 17 heavy (non-hydrogen) atoms. The maximum atomic E-state index is 10.9. The Morgan fingerprint density at radius 2 is 2.29 bits per heavy atom. The van der Waals surface area contributed by atoms with Gasteiger partial charge in [-0.2, -0.15) is 11.8 Å². The molecular formula is C10H16N4O2S. The Morgan fingerprint density at radius 3 is 2.76 bits per heavy atom. The van der Waals surface area contributed by atoms with Crippen LogP contribution in [0.3, 0.4) is 0 Å². The molecule has 0 bridgehead atoms. The first-order valence-corrected chi connectivity index (χ1v) is 6.68. The van der Waals surface area contributed by atoms with Crippen LogP contribution in [0.4, 0.5) is 11.6 Å². The van der Waals surface area contributed by atoms with Crippen molar-refractivity contribution in [3.8, 4) is 0 Å². The van der Waals surface area contributed by atoms with E-state index in [1.165, 1.54) is 12.8 Å². The fraction of sp³-hybridized carbons (Fsp3) is 0.700. The average Bonchev–Trinajstić information content (AvgIpc) is 3.01. The van der Waals surface area contributed by atoms with Crippen LogP contribution in [0.2, 0.25) is 0 Å². The minimum Gasteiger partial charge on any atom is -0.363 e. The van der Waals surface area contributed by atoms with Crippen molar-refractivity contribution in [2.45, 2.75) is 24.5 Å². The van der Waals surface area contributed by atoms with Crippen LogP contribution >= 0.6 is 11.8 Å². The van der Waals surface area contributed by atoms with Crippen LogP contribution in [0, 0.1) is 17.0 Å². The number of anilines is 1. The molecule has 1 aromatic rings. The second-order valence-corrected chi connectivity index (χ2v) is 5.66. The molecule has 1 aliphatic carbocycles. The normalized spacial score (nSPS) is 16.9. The maximum Gasteiger partial charge on any atom is 0.406 e. The second kappa shape index (κ2) is 4.21. The summed E-state index contributed by atoms with van der Waals surface area (Å²) in [6, 6.07) is 0. The lowest BCUT2D eigenvalue weighted by Crippen LogP contribution is -2.19. The highest BCUT2D eigenvalue weighted by atomic mass is 32.2. The number of aromatic nitrogens is 2. The number of hydrogen-bond acceptors (Lipinski definition) is 5. The molecule has 1 heterocycles. The number of nitro groups is 1. The van der Waals surface area contributed by atoms with E-state index in [9.17, 15) is 10.1 Å². The predicted molar refractivity (Wildman–Crippen MR) is 68.6 cm³/mol. The standard InChI is InChI=1S/C10H16N4O2S/c1-7-12-9(14(15)16)8(13(7)2)11-6-10(17-3)4-5-10/h11H,4-6H2,1-3H3. The van der Waals surface area contributed by atoms with E-state index in [2.05, 4.69) is 16.6 Å². The van der Waals surface area contributed by atoms with Crippen LogP contribution in [0.25, 0.3) is 0 Å². The molecule has 0 radical (unpaired) electrons. The SMILES string of the molecule is CSC1(CNc2c([N+](=O)[O-])nc(C)n2C)CC1. The van der Waals surface area contributed by atoms with E-state index in [0.29, 0.717) is 11.6 Å². The van der Waals surface area contributed by atoms with Gasteiger partial charge in [0.15, 0.2) is 0 Å². The first-order chi connectivity index (χ1) is 7.99. The van der Waals surface area contributed by atoms with Crippen molar-refractivity contribution in [2.24, 2.45) is 7.05 Å². The van der Waals surface area contributed by atoms with Crippen molar-refractivity contribution in [1.29, 1.82) is 0 Å². The third-order valence-corrected chi connectivity index (χ3v) is 4.71. The fourth-order valence-corrected chi connectivity index (χ4v) is 2.48. The highest BCUT2D eigenvalue weighted by Crippen LogP contribution is 2.47. The van der Waals surface area contributed by atoms with Crippen molar-refractivity contribution in [2.75, 3.05) is 18.1 Å². The Morgan fingerprint density at radius 1 is 1.65 bits per heavy atom. The largest absolute Gasteiger partial charge is 0.406 e. The number of thioether (sulfide) groups is 1. The monoisotopic (exact) mass is 256 g/mol. The van der Waals surface area contributed by atoms with Gasteiger partial charge in [-0.05, 0) is 29.0 Å². The molecule has 0 aromatic carbocycles. The molecule has 0 aliphatic heterocycles. The molecule has 0 atom stereocenters. The van der Waals surface area contributed by atoms with E-state index < -0.39 is 4.92 Å². The van der Waals surface area contributed by atoms with Gasteiger partial charge >= 0.3 is 5.82 Å². The summed E-state index contributed by atoms with van der Waals surface area (Å²) in [7, 11) is 1.79. The van der Waals surface area contributed by atoms with Crippen LogP contribution < -0.4 is 5.32 Å². The Kier molecular flexibility index (Phi) is 3.03. The molecule has 1 aliphatic rings. The zero-order chi connectivity index (χ0) is 12.6. The van der Waals surface area contributed by atoms with Crippen LogP contribution in [-0.2, 0) is 7.05 Å². The van der Waals surface area contributed by atoms with Crippen molar-refractivity contribution < 1.29 is 4.92 Å². The Hall–Kier alpha value is -1.24. The number of rotatable bonds is 5. The summed E-state index contributed by atoms with van der Waals surface area (Å²) < 4.78 is 2.00.